The number of carbonyl (C=O) groups excluding carboxylic acids is 2. The second-order valence-electron chi connectivity index (χ2n) is 4.54. The lowest BCUT2D eigenvalue weighted by Gasteiger charge is -2.26. The van der Waals surface area contributed by atoms with Gasteiger partial charge in [0, 0.05) is 11.0 Å². The normalized spacial score (nSPS) is 14.0. The number of halogens is 1. The maximum Gasteiger partial charge on any atom is 0.331 e. The molecular weight excluding hydrogens is 342 g/mol. The molecule has 0 aliphatic heterocycles. The first-order valence-electron chi connectivity index (χ1n) is 6.25. The minimum absolute atomic E-state index is 0.309. The molecule has 1 N–H and O–H groups in total. The zero-order chi connectivity index (χ0) is 15.2. The molecule has 1 atom stereocenters. The van der Waals surface area contributed by atoms with Crippen LogP contribution in [0.15, 0.2) is 22.0 Å². The molecular formula is C14H18BrNO3S. The van der Waals surface area contributed by atoms with Gasteiger partial charge in [0.2, 0.25) is 5.91 Å². The van der Waals surface area contributed by atoms with Gasteiger partial charge in [0.1, 0.15) is 5.54 Å². The maximum absolute atomic E-state index is 11.9. The number of nitrogens with one attached hydrogen (secondary N) is 1. The van der Waals surface area contributed by atoms with Gasteiger partial charge >= 0.3 is 5.97 Å². The topological polar surface area (TPSA) is 55.4 Å². The smallest absolute Gasteiger partial charge is 0.331 e. The van der Waals surface area contributed by atoms with Crippen LogP contribution in [0.1, 0.15) is 31.6 Å². The number of amides is 1. The van der Waals surface area contributed by atoms with Gasteiger partial charge in [-0.25, -0.2) is 4.79 Å². The average Bonchev–Trinajstić information content (AvgIpc) is 2.81. The lowest BCUT2D eigenvalue weighted by atomic mass is 9.96. The Bertz CT molecular complexity index is 512. The molecule has 0 saturated heterocycles. The second-order valence-corrected chi connectivity index (χ2v) is 7.03. The maximum atomic E-state index is 11.9. The van der Waals surface area contributed by atoms with Crippen LogP contribution >= 0.6 is 27.3 Å². The first-order valence-corrected chi connectivity index (χ1v) is 7.86. The third-order valence-electron chi connectivity index (χ3n) is 2.78. The monoisotopic (exact) mass is 359 g/mol. The number of hydrogen-bond acceptors (Lipinski definition) is 4. The van der Waals surface area contributed by atoms with Crippen LogP contribution in [-0.2, 0) is 14.3 Å². The fourth-order valence-electron chi connectivity index (χ4n) is 1.83. The summed E-state index contributed by atoms with van der Waals surface area (Å²) in [5, 5.41) is 2.71. The van der Waals surface area contributed by atoms with Crippen LogP contribution in [0.2, 0.25) is 0 Å². The van der Waals surface area contributed by atoms with Crippen LogP contribution in [-0.4, -0.2) is 24.5 Å². The molecule has 110 valence electrons. The number of carbonyl (C=O) groups is 2. The van der Waals surface area contributed by atoms with Crippen molar-refractivity contribution in [2.75, 3.05) is 7.11 Å². The predicted molar refractivity (Wildman–Crippen MR) is 84.5 cm³/mol. The van der Waals surface area contributed by atoms with Gasteiger partial charge in [0.15, 0.2) is 0 Å². The van der Waals surface area contributed by atoms with Gasteiger partial charge in [-0.1, -0.05) is 13.3 Å². The Kier molecular flexibility index (Phi) is 6.42. The Morgan fingerprint density at radius 3 is 2.70 bits per heavy atom. The van der Waals surface area contributed by atoms with Crippen molar-refractivity contribution >= 4 is 45.2 Å². The fourth-order valence-corrected chi connectivity index (χ4v) is 3.16. The Morgan fingerprint density at radius 1 is 1.50 bits per heavy atom. The third-order valence-corrected chi connectivity index (χ3v) is 4.37. The minimum atomic E-state index is -0.985. The highest BCUT2D eigenvalue weighted by Crippen LogP contribution is 2.23. The first-order chi connectivity index (χ1) is 9.41. The van der Waals surface area contributed by atoms with Gasteiger partial charge in [-0.3, -0.25) is 4.79 Å². The summed E-state index contributed by atoms with van der Waals surface area (Å²) in [7, 11) is 1.32. The Hall–Kier alpha value is -1.14. The van der Waals surface area contributed by atoms with Crippen molar-refractivity contribution in [1.82, 2.24) is 5.32 Å². The lowest BCUT2D eigenvalue weighted by Crippen LogP contribution is -2.52. The van der Waals surface area contributed by atoms with Gasteiger partial charge in [-0.2, -0.15) is 0 Å². The average molecular weight is 360 g/mol. The SMILES string of the molecule is CCCC(C)(NC(=O)/C=C/c1ccc(Br)s1)C(=O)OC. The highest BCUT2D eigenvalue weighted by molar-refractivity contribution is 9.11. The number of thiophene rings is 1. The summed E-state index contributed by atoms with van der Waals surface area (Å²) in [5.74, 6) is -0.740. The molecule has 0 bridgehead atoms. The van der Waals surface area contributed by atoms with Crippen molar-refractivity contribution in [2.45, 2.75) is 32.2 Å². The summed E-state index contributed by atoms with van der Waals surface area (Å²) >= 11 is 4.89. The molecule has 1 rings (SSSR count). The second kappa shape index (κ2) is 7.59. The fraction of sp³-hybridized carbons (Fsp3) is 0.429. The van der Waals surface area contributed by atoms with E-state index in [4.69, 9.17) is 4.74 Å². The van der Waals surface area contributed by atoms with Gasteiger partial charge in [-0.05, 0) is 47.5 Å². The molecule has 1 aromatic heterocycles. The quantitative estimate of drug-likeness (QED) is 0.625. The molecule has 1 unspecified atom stereocenters. The van der Waals surface area contributed by atoms with Gasteiger partial charge in [0.05, 0.1) is 10.9 Å². The molecule has 0 saturated carbocycles. The molecule has 20 heavy (non-hydrogen) atoms. The minimum Gasteiger partial charge on any atom is -0.467 e. The summed E-state index contributed by atoms with van der Waals surface area (Å²) < 4.78 is 5.76. The zero-order valence-corrected chi connectivity index (χ0v) is 14.1. The summed E-state index contributed by atoms with van der Waals surface area (Å²) in [6.07, 6.45) is 4.45. The van der Waals surface area contributed by atoms with E-state index in [1.165, 1.54) is 24.5 Å². The van der Waals surface area contributed by atoms with E-state index >= 15 is 0 Å². The van der Waals surface area contributed by atoms with Crippen LogP contribution < -0.4 is 5.32 Å². The van der Waals surface area contributed by atoms with Crippen molar-refractivity contribution in [3.05, 3.63) is 26.9 Å². The third kappa shape index (κ3) is 4.76. The predicted octanol–water partition coefficient (Wildman–Crippen LogP) is 3.37. The molecule has 0 radical (unpaired) electrons. The van der Waals surface area contributed by atoms with Crippen molar-refractivity contribution in [3.63, 3.8) is 0 Å². The standard InChI is InChI=1S/C14H18BrNO3S/c1-4-9-14(2,13(18)19-3)16-12(17)8-6-10-5-7-11(15)20-10/h5-8H,4,9H2,1-3H3,(H,16,17)/b8-6+. The molecule has 0 aliphatic carbocycles. The summed E-state index contributed by atoms with van der Waals surface area (Å²) in [5.41, 5.74) is -0.985. The number of rotatable bonds is 6. The van der Waals surface area contributed by atoms with Gasteiger partial charge < -0.3 is 10.1 Å². The number of ether oxygens (including phenoxy) is 1. The van der Waals surface area contributed by atoms with Crippen molar-refractivity contribution < 1.29 is 14.3 Å². The molecule has 0 aliphatic rings. The largest absolute Gasteiger partial charge is 0.467 e. The highest BCUT2D eigenvalue weighted by Gasteiger charge is 2.34. The first kappa shape index (κ1) is 16.9. The molecule has 1 amide bonds. The highest BCUT2D eigenvalue weighted by atomic mass is 79.9. The summed E-state index contributed by atoms with van der Waals surface area (Å²) in [6, 6.07) is 3.82. The van der Waals surface area contributed by atoms with E-state index in [9.17, 15) is 9.59 Å². The molecule has 0 aromatic carbocycles. The van der Waals surface area contributed by atoms with Crippen molar-refractivity contribution in [3.8, 4) is 0 Å². The summed E-state index contributed by atoms with van der Waals surface area (Å²) in [4.78, 5) is 24.7. The van der Waals surface area contributed by atoms with Gasteiger partial charge in [0.25, 0.3) is 0 Å². The Labute approximate surface area is 131 Å². The van der Waals surface area contributed by atoms with Crippen LogP contribution in [0.5, 0.6) is 0 Å². The lowest BCUT2D eigenvalue weighted by molar-refractivity contribution is -0.150. The van der Waals surface area contributed by atoms with Gasteiger partial charge in [-0.15, -0.1) is 11.3 Å². The Balaban J connectivity index is 2.71. The molecule has 4 nitrogen and oxygen atoms in total. The molecule has 1 aromatic rings. The van der Waals surface area contributed by atoms with E-state index in [1.54, 1.807) is 13.0 Å². The molecule has 0 fully saturated rings. The van der Waals surface area contributed by atoms with Crippen LogP contribution in [0.4, 0.5) is 0 Å². The van der Waals surface area contributed by atoms with E-state index in [-0.39, 0.29) is 5.91 Å². The Morgan fingerprint density at radius 2 is 2.20 bits per heavy atom. The van der Waals surface area contributed by atoms with E-state index in [1.807, 2.05) is 19.1 Å². The van der Waals surface area contributed by atoms with E-state index in [0.717, 1.165) is 15.1 Å². The molecule has 0 spiro atoms. The number of esters is 1. The van der Waals surface area contributed by atoms with Crippen LogP contribution in [0.25, 0.3) is 6.08 Å². The number of methoxy groups -OCH3 is 1. The van der Waals surface area contributed by atoms with E-state index in [0.29, 0.717) is 6.42 Å². The summed E-state index contributed by atoms with van der Waals surface area (Å²) in [6.45, 7) is 3.63. The molecule has 6 heteroatoms. The van der Waals surface area contributed by atoms with Crippen molar-refractivity contribution in [2.24, 2.45) is 0 Å². The van der Waals surface area contributed by atoms with E-state index < -0.39 is 11.5 Å². The van der Waals surface area contributed by atoms with Crippen molar-refractivity contribution in [1.29, 1.82) is 0 Å². The number of hydrogen-bond donors (Lipinski definition) is 1. The van der Waals surface area contributed by atoms with Crippen LogP contribution in [0, 0.1) is 0 Å². The van der Waals surface area contributed by atoms with Crippen LogP contribution in [0.3, 0.4) is 0 Å². The zero-order valence-electron chi connectivity index (χ0n) is 11.7. The van der Waals surface area contributed by atoms with E-state index in [2.05, 4.69) is 21.2 Å². The molecule has 1 heterocycles.